The van der Waals surface area contributed by atoms with Crippen molar-refractivity contribution in [2.75, 3.05) is 38.2 Å². The zero-order chi connectivity index (χ0) is 21.9. The first kappa shape index (κ1) is 20.4. The number of piperazine rings is 1. The fraction of sp³-hybridized carbons (Fsp3) is 0.304. The van der Waals surface area contributed by atoms with Gasteiger partial charge in [0.05, 0.1) is 13.5 Å². The number of carbonyl (C=O) groups excluding carboxylic acids is 1. The van der Waals surface area contributed by atoms with Gasteiger partial charge in [-0.2, -0.15) is 4.52 Å². The van der Waals surface area contributed by atoms with Gasteiger partial charge in [0, 0.05) is 43.0 Å². The summed E-state index contributed by atoms with van der Waals surface area (Å²) in [4.78, 5) is 18.2. The molecular formula is C23H24N6O2S. The molecular weight excluding hydrogens is 424 g/mol. The number of anilines is 1. The van der Waals surface area contributed by atoms with Crippen LogP contribution in [0.2, 0.25) is 0 Å². The van der Waals surface area contributed by atoms with Crippen molar-refractivity contribution in [1.29, 1.82) is 0 Å². The van der Waals surface area contributed by atoms with Crippen LogP contribution >= 0.6 is 11.3 Å². The molecule has 0 aliphatic carbocycles. The molecule has 5 rings (SSSR count). The Hall–Kier alpha value is -3.46. The number of hydrogen-bond acceptors (Lipinski definition) is 7. The molecule has 0 saturated carbocycles. The molecule has 0 radical (unpaired) electrons. The highest BCUT2D eigenvalue weighted by atomic mass is 32.1. The maximum Gasteiger partial charge on any atom is 0.227 e. The smallest absolute Gasteiger partial charge is 0.227 e. The molecule has 32 heavy (non-hydrogen) atoms. The van der Waals surface area contributed by atoms with Gasteiger partial charge in [-0.15, -0.1) is 26.6 Å². The SMILES string of the molecule is COc1ccccc1CC(=O)N1CCN(c2ccc3nnc(Cc4cccs4)n3n2)CC1. The number of carbonyl (C=O) groups is 1. The molecule has 0 N–H and O–H groups in total. The normalized spacial score (nSPS) is 14.2. The highest BCUT2D eigenvalue weighted by molar-refractivity contribution is 7.09. The topological polar surface area (TPSA) is 75.9 Å². The monoisotopic (exact) mass is 448 g/mol. The summed E-state index contributed by atoms with van der Waals surface area (Å²) in [5.74, 6) is 2.58. The molecule has 0 spiro atoms. The van der Waals surface area contributed by atoms with Gasteiger partial charge in [-0.05, 0) is 29.6 Å². The summed E-state index contributed by atoms with van der Waals surface area (Å²) in [5.41, 5.74) is 1.66. The molecule has 4 heterocycles. The Morgan fingerprint density at radius 3 is 2.66 bits per heavy atom. The highest BCUT2D eigenvalue weighted by Gasteiger charge is 2.23. The van der Waals surface area contributed by atoms with Crippen LogP contribution < -0.4 is 9.64 Å². The van der Waals surface area contributed by atoms with Crippen LogP contribution in [0.25, 0.3) is 5.65 Å². The van der Waals surface area contributed by atoms with Crippen molar-refractivity contribution in [3.8, 4) is 5.75 Å². The van der Waals surface area contributed by atoms with E-state index in [0.29, 0.717) is 25.9 Å². The number of amides is 1. The minimum atomic E-state index is 0.120. The van der Waals surface area contributed by atoms with Crippen molar-refractivity contribution in [3.63, 3.8) is 0 Å². The zero-order valence-corrected chi connectivity index (χ0v) is 18.7. The molecule has 164 valence electrons. The Morgan fingerprint density at radius 2 is 1.88 bits per heavy atom. The molecule has 1 fully saturated rings. The molecule has 8 nitrogen and oxygen atoms in total. The number of aromatic nitrogens is 4. The van der Waals surface area contributed by atoms with Crippen LogP contribution in [0.15, 0.2) is 53.9 Å². The molecule has 0 unspecified atom stereocenters. The summed E-state index contributed by atoms with van der Waals surface area (Å²) in [7, 11) is 1.63. The van der Waals surface area contributed by atoms with Crippen LogP contribution in [0.5, 0.6) is 5.75 Å². The maximum atomic E-state index is 12.8. The summed E-state index contributed by atoms with van der Waals surface area (Å²) in [6, 6.07) is 15.7. The van der Waals surface area contributed by atoms with E-state index in [1.807, 2.05) is 51.9 Å². The van der Waals surface area contributed by atoms with Crippen molar-refractivity contribution in [2.24, 2.45) is 0 Å². The van der Waals surface area contributed by atoms with E-state index >= 15 is 0 Å². The largest absolute Gasteiger partial charge is 0.496 e. The predicted molar refractivity (Wildman–Crippen MR) is 123 cm³/mol. The van der Waals surface area contributed by atoms with Crippen molar-refractivity contribution in [1.82, 2.24) is 24.7 Å². The molecule has 1 saturated heterocycles. The Kier molecular flexibility index (Phi) is 5.72. The number of ether oxygens (including phenoxy) is 1. The quantitative estimate of drug-likeness (QED) is 0.451. The van der Waals surface area contributed by atoms with Crippen LogP contribution in [0, 0.1) is 0 Å². The van der Waals surface area contributed by atoms with Crippen LogP contribution in [0.3, 0.4) is 0 Å². The first-order chi connectivity index (χ1) is 15.7. The van der Waals surface area contributed by atoms with Crippen LogP contribution in [-0.2, 0) is 17.6 Å². The average molecular weight is 449 g/mol. The molecule has 0 atom stereocenters. The van der Waals surface area contributed by atoms with E-state index < -0.39 is 0 Å². The fourth-order valence-electron chi connectivity index (χ4n) is 3.98. The van der Waals surface area contributed by atoms with Gasteiger partial charge in [-0.1, -0.05) is 24.3 Å². The molecule has 0 bridgehead atoms. The first-order valence-corrected chi connectivity index (χ1v) is 11.5. The van der Waals surface area contributed by atoms with Crippen LogP contribution in [-0.4, -0.2) is 63.9 Å². The summed E-state index contributed by atoms with van der Waals surface area (Å²) in [6.45, 7) is 2.80. The zero-order valence-electron chi connectivity index (χ0n) is 17.8. The molecule has 1 aliphatic heterocycles. The average Bonchev–Trinajstić information content (AvgIpc) is 3.50. The van der Waals surface area contributed by atoms with Crippen molar-refractivity contribution >= 4 is 28.7 Å². The third kappa shape index (κ3) is 4.16. The second-order valence-electron chi connectivity index (χ2n) is 7.69. The summed E-state index contributed by atoms with van der Waals surface area (Å²) in [6.07, 6.45) is 1.06. The Balaban J connectivity index is 1.25. The van der Waals surface area contributed by atoms with Crippen molar-refractivity contribution in [3.05, 3.63) is 70.2 Å². The van der Waals surface area contributed by atoms with Crippen molar-refractivity contribution < 1.29 is 9.53 Å². The molecule has 4 aromatic rings. The van der Waals surface area contributed by atoms with E-state index in [1.54, 1.807) is 18.4 Å². The van der Waals surface area contributed by atoms with Gasteiger partial charge in [0.2, 0.25) is 5.91 Å². The number of rotatable bonds is 6. The number of para-hydroxylation sites is 1. The maximum absolute atomic E-state index is 12.8. The van der Waals surface area contributed by atoms with E-state index in [1.165, 1.54) is 4.88 Å². The third-order valence-electron chi connectivity index (χ3n) is 5.72. The predicted octanol–water partition coefficient (Wildman–Crippen LogP) is 2.68. The van der Waals surface area contributed by atoms with Gasteiger partial charge in [0.1, 0.15) is 11.6 Å². The molecule has 1 aliphatic rings. The number of methoxy groups -OCH3 is 1. The summed E-state index contributed by atoms with van der Waals surface area (Å²) >= 11 is 1.70. The number of thiophene rings is 1. The number of fused-ring (bicyclic) bond motifs is 1. The lowest BCUT2D eigenvalue weighted by Gasteiger charge is -2.35. The minimum absolute atomic E-state index is 0.120. The van der Waals surface area contributed by atoms with Crippen molar-refractivity contribution in [2.45, 2.75) is 12.8 Å². The van der Waals surface area contributed by atoms with Gasteiger partial charge >= 0.3 is 0 Å². The Morgan fingerprint density at radius 1 is 1.03 bits per heavy atom. The summed E-state index contributed by atoms with van der Waals surface area (Å²) in [5, 5.41) is 15.4. The first-order valence-electron chi connectivity index (χ1n) is 10.6. The van der Waals surface area contributed by atoms with Gasteiger partial charge in [-0.25, -0.2) is 0 Å². The standard InChI is InChI=1S/C23H24N6O2S/c1-31-19-7-3-2-5-17(19)15-23(30)28-12-10-27(11-13-28)21-9-8-20-24-25-22(29(20)26-21)16-18-6-4-14-32-18/h2-9,14H,10-13,15-16H2,1H3. The molecule has 3 aromatic heterocycles. The third-order valence-corrected chi connectivity index (χ3v) is 6.59. The molecule has 9 heteroatoms. The van der Waals surface area contributed by atoms with Gasteiger partial charge < -0.3 is 14.5 Å². The lowest BCUT2D eigenvalue weighted by molar-refractivity contribution is -0.130. The Labute approximate surface area is 190 Å². The van der Waals surface area contributed by atoms with Gasteiger partial charge in [0.15, 0.2) is 11.5 Å². The number of nitrogens with zero attached hydrogens (tertiary/aromatic N) is 6. The van der Waals surface area contributed by atoms with E-state index in [0.717, 1.165) is 41.7 Å². The van der Waals surface area contributed by atoms with Gasteiger partial charge in [-0.3, -0.25) is 4.79 Å². The molecule has 1 amide bonds. The lowest BCUT2D eigenvalue weighted by atomic mass is 10.1. The van der Waals surface area contributed by atoms with Crippen LogP contribution in [0.4, 0.5) is 5.82 Å². The van der Waals surface area contributed by atoms with E-state index in [9.17, 15) is 4.79 Å². The Bertz CT molecular complexity index is 1210. The molecule has 1 aromatic carbocycles. The van der Waals surface area contributed by atoms with Gasteiger partial charge in [0.25, 0.3) is 0 Å². The number of benzene rings is 1. The fourth-order valence-corrected chi connectivity index (χ4v) is 4.68. The lowest BCUT2D eigenvalue weighted by Crippen LogP contribution is -2.49. The second-order valence-corrected chi connectivity index (χ2v) is 8.72. The highest BCUT2D eigenvalue weighted by Crippen LogP contribution is 2.20. The number of hydrogen-bond donors (Lipinski definition) is 0. The van der Waals surface area contributed by atoms with Crippen LogP contribution in [0.1, 0.15) is 16.3 Å². The van der Waals surface area contributed by atoms with E-state index in [2.05, 4.69) is 26.5 Å². The van der Waals surface area contributed by atoms with E-state index in [-0.39, 0.29) is 5.91 Å². The minimum Gasteiger partial charge on any atom is -0.496 e. The van der Waals surface area contributed by atoms with E-state index in [4.69, 9.17) is 9.84 Å². The summed E-state index contributed by atoms with van der Waals surface area (Å²) < 4.78 is 7.21. The second kappa shape index (κ2) is 8.96.